The maximum absolute atomic E-state index is 10.8. The standard InChI is InChI=1S/C12H14BrNO2/c1-9(14-7-6-12(15)16-2)10-4-3-5-11(13)8-10/h3-9,14H,1-2H3/b7-6+/t9-/m1/s1. The zero-order valence-electron chi connectivity index (χ0n) is 9.24. The average molecular weight is 284 g/mol. The van der Waals surface area contributed by atoms with Gasteiger partial charge in [-0.2, -0.15) is 0 Å². The third kappa shape index (κ3) is 4.06. The van der Waals surface area contributed by atoms with Gasteiger partial charge in [-0.05, 0) is 24.6 Å². The lowest BCUT2D eigenvalue weighted by Gasteiger charge is -2.12. The first-order valence-corrected chi connectivity index (χ1v) is 5.69. The highest BCUT2D eigenvalue weighted by atomic mass is 79.9. The van der Waals surface area contributed by atoms with Gasteiger partial charge in [-0.15, -0.1) is 0 Å². The van der Waals surface area contributed by atoms with Crippen LogP contribution in [0.1, 0.15) is 18.5 Å². The summed E-state index contributed by atoms with van der Waals surface area (Å²) < 4.78 is 5.52. The molecule has 16 heavy (non-hydrogen) atoms. The fraction of sp³-hybridized carbons (Fsp3) is 0.250. The van der Waals surface area contributed by atoms with Crippen LogP contribution in [-0.4, -0.2) is 13.1 Å². The molecule has 0 saturated heterocycles. The van der Waals surface area contributed by atoms with E-state index >= 15 is 0 Å². The second-order valence-electron chi connectivity index (χ2n) is 3.30. The number of halogens is 1. The maximum Gasteiger partial charge on any atom is 0.331 e. The van der Waals surface area contributed by atoms with Gasteiger partial charge in [0.05, 0.1) is 7.11 Å². The van der Waals surface area contributed by atoms with E-state index < -0.39 is 0 Å². The first kappa shape index (κ1) is 12.8. The molecule has 0 radical (unpaired) electrons. The lowest BCUT2D eigenvalue weighted by atomic mass is 10.1. The molecule has 1 atom stereocenters. The van der Waals surface area contributed by atoms with Crippen molar-refractivity contribution in [3.63, 3.8) is 0 Å². The van der Waals surface area contributed by atoms with Crippen molar-refractivity contribution in [3.05, 3.63) is 46.6 Å². The predicted octanol–water partition coefficient (Wildman–Crippen LogP) is 2.79. The summed E-state index contributed by atoms with van der Waals surface area (Å²) in [5.74, 6) is -0.367. The van der Waals surface area contributed by atoms with E-state index in [1.54, 1.807) is 6.20 Å². The lowest BCUT2D eigenvalue weighted by molar-refractivity contribution is -0.134. The zero-order chi connectivity index (χ0) is 12.0. The van der Waals surface area contributed by atoms with Gasteiger partial charge in [0.1, 0.15) is 0 Å². The SMILES string of the molecule is COC(=O)/C=C/N[C@H](C)c1cccc(Br)c1. The van der Waals surface area contributed by atoms with Crippen LogP contribution in [0.25, 0.3) is 0 Å². The van der Waals surface area contributed by atoms with Crippen LogP contribution in [0.4, 0.5) is 0 Å². The zero-order valence-corrected chi connectivity index (χ0v) is 10.8. The van der Waals surface area contributed by atoms with Crippen LogP contribution in [0, 0.1) is 0 Å². The Hall–Kier alpha value is -1.29. The number of benzene rings is 1. The van der Waals surface area contributed by atoms with Gasteiger partial charge < -0.3 is 10.1 Å². The summed E-state index contributed by atoms with van der Waals surface area (Å²) >= 11 is 3.41. The van der Waals surface area contributed by atoms with Crippen molar-refractivity contribution in [2.75, 3.05) is 7.11 Å². The third-order valence-electron chi connectivity index (χ3n) is 2.12. The topological polar surface area (TPSA) is 38.3 Å². The van der Waals surface area contributed by atoms with Gasteiger partial charge in [0.15, 0.2) is 0 Å². The number of nitrogens with one attached hydrogen (secondary N) is 1. The highest BCUT2D eigenvalue weighted by molar-refractivity contribution is 9.10. The van der Waals surface area contributed by atoms with Crippen molar-refractivity contribution in [1.29, 1.82) is 0 Å². The number of esters is 1. The minimum Gasteiger partial charge on any atom is -0.466 e. The van der Waals surface area contributed by atoms with Gasteiger partial charge in [-0.25, -0.2) is 4.79 Å². The van der Waals surface area contributed by atoms with Crippen molar-refractivity contribution < 1.29 is 9.53 Å². The summed E-state index contributed by atoms with van der Waals surface area (Å²) in [5.41, 5.74) is 1.14. The van der Waals surface area contributed by atoms with Gasteiger partial charge in [0.25, 0.3) is 0 Å². The number of carbonyl (C=O) groups is 1. The van der Waals surface area contributed by atoms with Crippen molar-refractivity contribution in [2.45, 2.75) is 13.0 Å². The summed E-state index contributed by atoms with van der Waals surface area (Å²) in [6, 6.07) is 8.14. The largest absolute Gasteiger partial charge is 0.466 e. The Labute approximate surface area is 104 Å². The molecule has 0 bridgehead atoms. The Bertz CT molecular complexity index is 390. The molecule has 1 N–H and O–H groups in total. The van der Waals surface area contributed by atoms with Gasteiger partial charge in [0.2, 0.25) is 0 Å². The number of rotatable bonds is 4. The second-order valence-corrected chi connectivity index (χ2v) is 4.22. The molecule has 3 nitrogen and oxygen atoms in total. The molecule has 0 aliphatic carbocycles. The molecule has 0 fully saturated rings. The van der Waals surface area contributed by atoms with E-state index in [1.807, 2.05) is 31.2 Å². The van der Waals surface area contributed by atoms with Crippen LogP contribution in [-0.2, 0) is 9.53 Å². The number of carbonyl (C=O) groups excluding carboxylic acids is 1. The van der Waals surface area contributed by atoms with Gasteiger partial charge in [-0.1, -0.05) is 28.1 Å². The molecule has 0 spiro atoms. The maximum atomic E-state index is 10.8. The van der Waals surface area contributed by atoms with Crippen LogP contribution in [0.3, 0.4) is 0 Å². The second kappa shape index (κ2) is 6.33. The number of ether oxygens (including phenoxy) is 1. The van der Waals surface area contributed by atoms with Gasteiger partial charge >= 0.3 is 5.97 Å². The van der Waals surface area contributed by atoms with Crippen molar-refractivity contribution >= 4 is 21.9 Å². The normalized spacial score (nSPS) is 12.4. The van der Waals surface area contributed by atoms with Crippen LogP contribution in [0.5, 0.6) is 0 Å². The molecule has 0 aliphatic rings. The molecule has 1 aromatic carbocycles. The molecule has 0 aliphatic heterocycles. The van der Waals surface area contributed by atoms with Gasteiger partial charge in [-0.3, -0.25) is 0 Å². The quantitative estimate of drug-likeness (QED) is 0.682. The van der Waals surface area contributed by atoms with E-state index in [9.17, 15) is 4.79 Å². The highest BCUT2D eigenvalue weighted by Crippen LogP contribution is 2.17. The summed E-state index contributed by atoms with van der Waals surface area (Å²) in [6.45, 7) is 2.02. The molecule has 0 unspecified atom stereocenters. The monoisotopic (exact) mass is 283 g/mol. The van der Waals surface area contributed by atoms with E-state index in [4.69, 9.17) is 0 Å². The Balaban J connectivity index is 2.56. The van der Waals surface area contributed by atoms with Gasteiger partial charge in [0, 0.05) is 22.8 Å². The summed E-state index contributed by atoms with van der Waals surface area (Å²) in [6.07, 6.45) is 2.95. The fourth-order valence-corrected chi connectivity index (χ4v) is 1.62. The Kier molecular flexibility index (Phi) is 5.05. The average Bonchev–Trinajstić information content (AvgIpc) is 2.28. The molecule has 0 amide bonds. The van der Waals surface area contributed by atoms with E-state index in [1.165, 1.54) is 13.2 Å². The smallest absolute Gasteiger partial charge is 0.331 e. The minimum atomic E-state index is -0.367. The molecule has 0 saturated carbocycles. The molecule has 4 heteroatoms. The number of hydrogen-bond acceptors (Lipinski definition) is 3. The summed E-state index contributed by atoms with van der Waals surface area (Å²) in [7, 11) is 1.35. The number of hydrogen-bond donors (Lipinski definition) is 1. The van der Waals surface area contributed by atoms with E-state index in [2.05, 4.69) is 26.0 Å². The molecule has 1 aromatic rings. The summed E-state index contributed by atoms with van der Waals surface area (Å²) in [4.78, 5) is 10.8. The Morgan fingerprint density at radius 1 is 1.56 bits per heavy atom. The van der Waals surface area contributed by atoms with Crippen LogP contribution in [0.2, 0.25) is 0 Å². The van der Waals surface area contributed by atoms with Crippen molar-refractivity contribution in [1.82, 2.24) is 5.32 Å². The van der Waals surface area contributed by atoms with E-state index in [0.717, 1.165) is 10.0 Å². The third-order valence-corrected chi connectivity index (χ3v) is 2.61. The number of methoxy groups -OCH3 is 1. The minimum absolute atomic E-state index is 0.137. The molecular weight excluding hydrogens is 270 g/mol. The molecule has 0 heterocycles. The lowest BCUT2D eigenvalue weighted by Crippen LogP contribution is -2.12. The molecule has 86 valence electrons. The van der Waals surface area contributed by atoms with Crippen LogP contribution < -0.4 is 5.32 Å². The Morgan fingerprint density at radius 3 is 2.94 bits per heavy atom. The Morgan fingerprint density at radius 2 is 2.31 bits per heavy atom. The molecule has 0 aromatic heterocycles. The van der Waals surface area contributed by atoms with Crippen LogP contribution in [0.15, 0.2) is 41.0 Å². The van der Waals surface area contributed by atoms with E-state index in [0.29, 0.717) is 0 Å². The predicted molar refractivity (Wildman–Crippen MR) is 66.8 cm³/mol. The van der Waals surface area contributed by atoms with Crippen molar-refractivity contribution in [2.24, 2.45) is 0 Å². The van der Waals surface area contributed by atoms with Crippen molar-refractivity contribution in [3.8, 4) is 0 Å². The first-order valence-electron chi connectivity index (χ1n) is 4.89. The fourth-order valence-electron chi connectivity index (χ4n) is 1.20. The molecule has 1 rings (SSSR count). The first-order chi connectivity index (χ1) is 7.63. The van der Waals surface area contributed by atoms with E-state index in [-0.39, 0.29) is 12.0 Å². The van der Waals surface area contributed by atoms with Crippen LogP contribution >= 0.6 is 15.9 Å². The molecular formula is C12H14BrNO2. The summed E-state index contributed by atoms with van der Waals surface area (Å²) in [5, 5.41) is 3.09. The highest BCUT2D eigenvalue weighted by Gasteiger charge is 2.02.